The van der Waals surface area contributed by atoms with Crippen LogP contribution < -0.4 is 21.1 Å². The number of carbonyl (C=O) groups is 2. The van der Waals surface area contributed by atoms with E-state index in [1.165, 1.54) is 0 Å². The SMILES string of the molecule is CC1CC1C(=O)Nc1ccc(C(=O)Nc2ccc(OCCN)cc2)cc1.Cl. The van der Waals surface area contributed by atoms with Gasteiger partial charge in [-0.25, -0.2) is 0 Å². The number of nitrogens with two attached hydrogens (primary N) is 1. The Morgan fingerprint density at radius 1 is 1.04 bits per heavy atom. The van der Waals surface area contributed by atoms with Crippen molar-refractivity contribution in [1.29, 1.82) is 0 Å². The van der Waals surface area contributed by atoms with Crippen molar-refractivity contribution in [2.45, 2.75) is 13.3 Å². The number of anilines is 2. The van der Waals surface area contributed by atoms with Crippen LogP contribution in [-0.4, -0.2) is 25.0 Å². The molecule has 1 aliphatic rings. The van der Waals surface area contributed by atoms with Gasteiger partial charge in [-0.3, -0.25) is 9.59 Å². The molecular weight excluding hydrogens is 366 g/mol. The fourth-order valence-electron chi connectivity index (χ4n) is 2.64. The summed E-state index contributed by atoms with van der Waals surface area (Å²) in [6, 6.07) is 14.0. The molecule has 0 aliphatic heterocycles. The summed E-state index contributed by atoms with van der Waals surface area (Å²) in [5, 5.41) is 5.71. The molecule has 2 aromatic carbocycles. The van der Waals surface area contributed by atoms with Gasteiger partial charge < -0.3 is 21.1 Å². The summed E-state index contributed by atoms with van der Waals surface area (Å²) in [7, 11) is 0. The van der Waals surface area contributed by atoms with Gasteiger partial charge in [-0.15, -0.1) is 12.4 Å². The second-order valence-corrected chi connectivity index (χ2v) is 6.50. The highest BCUT2D eigenvalue weighted by molar-refractivity contribution is 6.04. The number of hydrogen-bond donors (Lipinski definition) is 3. The molecule has 2 unspecified atom stereocenters. The molecule has 1 aliphatic carbocycles. The van der Waals surface area contributed by atoms with Crippen molar-refractivity contribution in [3.63, 3.8) is 0 Å². The van der Waals surface area contributed by atoms with Gasteiger partial charge in [-0.2, -0.15) is 0 Å². The van der Waals surface area contributed by atoms with Gasteiger partial charge in [0.1, 0.15) is 12.4 Å². The smallest absolute Gasteiger partial charge is 0.255 e. The van der Waals surface area contributed by atoms with E-state index in [0.717, 1.165) is 6.42 Å². The third kappa shape index (κ3) is 5.70. The third-order valence-corrected chi connectivity index (χ3v) is 4.36. The van der Waals surface area contributed by atoms with Crippen LogP contribution in [-0.2, 0) is 4.79 Å². The average Bonchev–Trinajstić information content (AvgIpc) is 3.38. The Bertz CT molecular complexity index is 778. The maximum Gasteiger partial charge on any atom is 0.255 e. The summed E-state index contributed by atoms with van der Waals surface area (Å²) in [5.74, 6) is 1.13. The van der Waals surface area contributed by atoms with Crippen molar-refractivity contribution in [1.82, 2.24) is 0 Å². The fourth-order valence-corrected chi connectivity index (χ4v) is 2.64. The molecule has 0 aromatic heterocycles. The van der Waals surface area contributed by atoms with Gasteiger partial charge >= 0.3 is 0 Å². The van der Waals surface area contributed by atoms with Crippen LogP contribution in [0.5, 0.6) is 5.75 Å². The normalized spacial score (nSPS) is 17.4. The highest BCUT2D eigenvalue weighted by atomic mass is 35.5. The molecule has 3 rings (SSSR count). The number of benzene rings is 2. The second kappa shape index (κ2) is 9.39. The summed E-state index contributed by atoms with van der Waals surface area (Å²) >= 11 is 0. The summed E-state index contributed by atoms with van der Waals surface area (Å²) in [6.45, 7) is 2.97. The van der Waals surface area contributed by atoms with E-state index >= 15 is 0 Å². The van der Waals surface area contributed by atoms with Gasteiger partial charge in [0.25, 0.3) is 5.91 Å². The molecule has 2 atom stereocenters. The molecule has 144 valence electrons. The summed E-state index contributed by atoms with van der Waals surface area (Å²) in [4.78, 5) is 24.3. The first-order chi connectivity index (χ1) is 12.6. The minimum Gasteiger partial charge on any atom is -0.492 e. The molecule has 1 fully saturated rings. The van der Waals surface area contributed by atoms with E-state index < -0.39 is 0 Å². The van der Waals surface area contributed by atoms with Gasteiger partial charge in [-0.1, -0.05) is 6.92 Å². The van der Waals surface area contributed by atoms with E-state index in [4.69, 9.17) is 10.5 Å². The maximum atomic E-state index is 12.3. The van der Waals surface area contributed by atoms with Crippen molar-refractivity contribution in [2.24, 2.45) is 17.6 Å². The van der Waals surface area contributed by atoms with E-state index in [-0.39, 0.29) is 30.1 Å². The molecule has 0 bridgehead atoms. The zero-order valence-corrected chi connectivity index (χ0v) is 15.9. The molecule has 7 heteroatoms. The summed E-state index contributed by atoms with van der Waals surface area (Å²) in [6.07, 6.45) is 0.947. The van der Waals surface area contributed by atoms with Gasteiger partial charge in [0.15, 0.2) is 0 Å². The number of rotatable bonds is 7. The minimum absolute atomic E-state index is 0. The number of amides is 2. The second-order valence-electron chi connectivity index (χ2n) is 6.50. The molecule has 0 spiro atoms. The average molecular weight is 390 g/mol. The first kappa shape index (κ1) is 20.7. The predicted octanol–water partition coefficient (Wildman–Crippen LogP) is 3.29. The standard InChI is InChI=1S/C20H23N3O3.ClH/c1-13-12-18(13)20(25)23-15-4-2-14(3-5-15)19(24)22-16-6-8-17(9-7-16)26-11-10-21;/h2-9,13,18H,10-12,21H2,1H3,(H,22,24)(H,23,25);1H. The topological polar surface area (TPSA) is 93.5 Å². The van der Waals surface area contributed by atoms with Gasteiger partial charge in [-0.05, 0) is 60.9 Å². The Balaban J connectivity index is 0.00000261. The Morgan fingerprint density at radius 2 is 1.59 bits per heavy atom. The predicted molar refractivity (Wildman–Crippen MR) is 109 cm³/mol. The van der Waals surface area contributed by atoms with E-state index in [9.17, 15) is 9.59 Å². The first-order valence-corrected chi connectivity index (χ1v) is 8.72. The van der Waals surface area contributed by atoms with Crippen LogP contribution in [0, 0.1) is 11.8 Å². The molecule has 1 saturated carbocycles. The van der Waals surface area contributed by atoms with Gasteiger partial charge in [0.2, 0.25) is 5.91 Å². The Morgan fingerprint density at radius 3 is 2.15 bits per heavy atom. The highest BCUT2D eigenvalue weighted by Gasteiger charge is 2.39. The third-order valence-electron chi connectivity index (χ3n) is 4.36. The number of nitrogens with one attached hydrogen (secondary N) is 2. The molecular formula is C20H24ClN3O3. The minimum atomic E-state index is -0.214. The van der Waals surface area contributed by atoms with E-state index in [1.807, 2.05) is 0 Å². The largest absolute Gasteiger partial charge is 0.492 e. The van der Waals surface area contributed by atoms with E-state index in [0.29, 0.717) is 41.8 Å². The molecule has 0 radical (unpaired) electrons. The zero-order chi connectivity index (χ0) is 18.5. The Labute approximate surface area is 164 Å². The first-order valence-electron chi connectivity index (χ1n) is 8.72. The van der Waals surface area contributed by atoms with Gasteiger partial charge in [0, 0.05) is 29.4 Å². The van der Waals surface area contributed by atoms with Crippen molar-refractivity contribution in [3.05, 3.63) is 54.1 Å². The van der Waals surface area contributed by atoms with Crippen LogP contribution in [0.3, 0.4) is 0 Å². The van der Waals surface area contributed by atoms with Crippen LogP contribution in [0.1, 0.15) is 23.7 Å². The lowest BCUT2D eigenvalue weighted by Gasteiger charge is -2.09. The van der Waals surface area contributed by atoms with Crippen LogP contribution in [0.15, 0.2) is 48.5 Å². The fraction of sp³-hybridized carbons (Fsp3) is 0.300. The van der Waals surface area contributed by atoms with Crippen LogP contribution in [0.25, 0.3) is 0 Å². The number of carbonyl (C=O) groups excluding carboxylic acids is 2. The molecule has 27 heavy (non-hydrogen) atoms. The molecule has 0 heterocycles. The van der Waals surface area contributed by atoms with E-state index in [2.05, 4.69) is 17.6 Å². The lowest BCUT2D eigenvalue weighted by Crippen LogP contribution is -2.15. The summed E-state index contributed by atoms with van der Waals surface area (Å²) in [5.41, 5.74) is 7.29. The lowest BCUT2D eigenvalue weighted by molar-refractivity contribution is -0.117. The monoisotopic (exact) mass is 389 g/mol. The number of hydrogen-bond acceptors (Lipinski definition) is 4. The van der Waals surface area contributed by atoms with E-state index in [1.54, 1.807) is 48.5 Å². The zero-order valence-electron chi connectivity index (χ0n) is 15.1. The molecule has 2 amide bonds. The van der Waals surface area contributed by atoms with Gasteiger partial charge in [0.05, 0.1) is 0 Å². The van der Waals surface area contributed by atoms with Crippen LogP contribution in [0.2, 0.25) is 0 Å². The Kier molecular flexibility index (Phi) is 7.21. The number of ether oxygens (including phenoxy) is 1. The quantitative estimate of drug-likeness (QED) is 0.677. The molecule has 0 saturated heterocycles. The Hall–Kier alpha value is -2.57. The van der Waals surface area contributed by atoms with Crippen molar-refractivity contribution >= 4 is 35.6 Å². The van der Waals surface area contributed by atoms with Crippen molar-refractivity contribution in [3.8, 4) is 5.75 Å². The van der Waals surface area contributed by atoms with Crippen LogP contribution in [0.4, 0.5) is 11.4 Å². The lowest BCUT2D eigenvalue weighted by atomic mass is 10.2. The number of halogens is 1. The van der Waals surface area contributed by atoms with Crippen LogP contribution >= 0.6 is 12.4 Å². The molecule has 6 nitrogen and oxygen atoms in total. The summed E-state index contributed by atoms with van der Waals surface area (Å²) < 4.78 is 5.40. The molecule has 2 aromatic rings. The maximum absolute atomic E-state index is 12.3. The highest BCUT2D eigenvalue weighted by Crippen LogP contribution is 2.38. The molecule has 4 N–H and O–H groups in total. The van der Waals surface area contributed by atoms with Crippen molar-refractivity contribution in [2.75, 3.05) is 23.8 Å². The van der Waals surface area contributed by atoms with Crippen molar-refractivity contribution < 1.29 is 14.3 Å².